The zero-order valence-corrected chi connectivity index (χ0v) is 12.8. The molecule has 1 fully saturated rings. The Morgan fingerprint density at radius 2 is 1.85 bits per heavy atom. The topological polar surface area (TPSA) is 38.7 Å². The largest absolute Gasteiger partial charge is 0.490 e. The molecule has 3 heteroatoms. The second-order valence-electron chi connectivity index (χ2n) is 5.58. The molecule has 2 atom stereocenters. The minimum absolute atomic E-state index is 0.597. The molecule has 1 N–H and O–H groups in total. The molecule has 0 bridgehead atoms. The summed E-state index contributed by atoms with van der Waals surface area (Å²) in [6, 6.07) is 5.85. The van der Waals surface area contributed by atoms with E-state index in [0.29, 0.717) is 19.1 Å². The zero-order chi connectivity index (χ0) is 14.6. The molecule has 1 aliphatic carbocycles. The Morgan fingerprint density at radius 3 is 2.45 bits per heavy atom. The summed E-state index contributed by atoms with van der Waals surface area (Å²) in [5.41, 5.74) is 0.262. The molecular weight excluding hydrogens is 252 g/mol. The van der Waals surface area contributed by atoms with Crippen LogP contribution in [0.2, 0.25) is 0 Å². The highest BCUT2D eigenvalue weighted by Crippen LogP contribution is 2.45. The summed E-state index contributed by atoms with van der Waals surface area (Å²) in [4.78, 5) is 0. The maximum atomic E-state index is 10.9. The van der Waals surface area contributed by atoms with Crippen LogP contribution in [0.4, 0.5) is 0 Å². The van der Waals surface area contributed by atoms with Crippen molar-refractivity contribution >= 4 is 0 Å². The van der Waals surface area contributed by atoms with Gasteiger partial charge in [0.25, 0.3) is 0 Å². The molecule has 0 amide bonds. The van der Waals surface area contributed by atoms with Crippen molar-refractivity contribution in [1.29, 1.82) is 0 Å². The quantitative estimate of drug-likeness (QED) is 0.858. The number of benzene rings is 1. The van der Waals surface area contributed by atoms with Crippen molar-refractivity contribution in [2.75, 3.05) is 13.2 Å². The van der Waals surface area contributed by atoms with E-state index >= 15 is 0 Å². The smallest absolute Gasteiger partial charge is 0.161 e. The summed E-state index contributed by atoms with van der Waals surface area (Å²) < 4.78 is 11.2. The van der Waals surface area contributed by atoms with E-state index in [1.54, 1.807) is 0 Å². The molecule has 0 spiro atoms. The maximum absolute atomic E-state index is 10.9. The van der Waals surface area contributed by atoms with E-state index in [2.05, 4.69) is 6.92 Å². The zero-order valence-electron chi connectivity index (χ0n) is 12.8. The van der Waals surface area contributed by atoms with Crippen LogP contribution in [0.1, 0.15) is 52.0 Å². The molecule has 112 valence electrons. The van der Waals surface area contributed by atoms with Crippen LogP contribution in [0.5, 0.6) is 11.5 Å². The Labute approximate surface area is 121 Å². The molecule has 0 saturated heterocycles. The highest BCUT2D eigenvalue weighted by molar-refractivity contribution is 5.45. The number of aliphatic hydroxyl groups is 1. The fourth-order valence-electron chi connectivity index (χ4n) is 3.08. The minimum Gasteiger partial charge on any atom is -0.490 e. The van der Waals surface area contributed by atoms with Crippen LogP contribution in [0.25, 0.3) is 0 Å². The van der Waals surface area contributed by atoms with Gasteiger partial charge in [0.2, 0.25) is 0 Å². The second kappa shape index (κ2) is 6.49. The average Bonchev–Trinajstić information content (AvgIpc) is 2.84. The third-order valence-corrected chi connectivity index (χ3v) is 4.25. The van der Waals surface area contributed by atoms with Crippen LogP contribution in [0, 0.1) is 5.92 Å². The molecule has 0 radical (unpaired) electrons. The van der Waals surface area contributed by atoms with Crippen LogP contribution >= 0.6 is 0 Å². The highest BCUT2D eigenvalue weighted by Gasteiger charge is 2.38. The lowest BCUT2D eigenvalue weighted by Gasteiger charge is -2.24. The SMILES string of the molecule is CCOc1ccc(C2(O)CCC(CC)C2)cc1OCC. The van der Waals surface area contributed by atoms with Crippen LogP contribution < -0.4 is 9.47 Å². The molecule has 0 heterocycles. The molecule has 20 heavy (non-hydrogen) atoms. The summed E-state index contributed by atoms with van der Waals surface area (Å²) in [7, 11) is 0. The van der Waals surface area contributed by atoms with Crippen molar-refractivity contribution < 1.29 is 14.6 Å². The minimum atomic E-state index is -0.697. The van der Waals surface area contributed by atoms with Gasteiger partial charge in [-0.15, -0.1) is 0 Å². The van der Waals surface area contributed by atoms with E-state index < -0.39 is 5.60 Å². The Morgan fingerprint density at radius 1 is 1.15 bits per heavy atom. The first-order valence-electron chi connectivity index (χ1n) is 7.75. The fourth-order valence-corrected chi connectivity index (χ4v) is 3.08. The van der Waals surface area contributed by atoms with Crippen molar-refractivity contribution in [2.45, 2.75) is 52.1 Å². The van der Waals surface area contributed by atoms with Crippen molar-refractivity contribution in [1.82, 2.24) is 0 Å². The summed E-state index contributed by atoms with van der Waals surface area (Å²) in [5.74, 6) is 2.12. The van der Waals surface area contributed by atoms with E-state index in [-0.39, 0.29) is 0 Å². The summed E-state index contributed by atoms with van der Waals surface area (Å²) in [6.07, 6.45) is 3.93. The predicted octanol–water partition coefficient (Wildman–Crippen LogP) is 3.88. The third-order valence-electron chi connectivity index (χ3n) is 4.25. The van der Waals surface area contributed by atoms with Gasteiger partial charge in [0.05, 0.1) is 18.8 Å². The van der Waals surface area contributed by atoms with Crippen LogP contribution in [-0.4, -0.2) is 18.3 Å². The van der Waals surface area contributed by atoms with Gasteiger partial charge >= 0.3 is 0 Å². The van der Waals surface area contributed by atoms with Crippen LogP contribution in [-0.2, 0) is 5.60 Å². The van der Waals surface area contributed by atoms with Gasteiger partial charge in [-0.05, 0) is 56.7 Å². The van der Waals surface area contributed by atoms with Crippen LogP contribution in [0.3, 0.4) is 0 Å². The van der Waals surface area contributed by atoms with Gasteiger partial charge in [-0.1, -0.05) is 19.4 Å². The van der Waals surface area contributed by atoms with Gasteiger partial charge in [-0.2, -0.15) is 0 Å². The van der Waals surface area contributed by atoms with E-state index in [1.165, 1.54) is 0 Å². The van der Waals surface area contributed by atoms with Gasteiger partial charge in [-0.3, -0.25) is 0 Å². The summed E-state index contributed by atoms with van der Waals surface area (Å²) >= 11 is 0. The van der Waals surface area contributed by atoms with Gasteiger partial charge in [0.1, 0.15) is 0 Å². The molecule has 2 rings (SSSR count). The van der Waals surface area contributed by atoms with Gasteiger partial charge in [0.15, 0.2) is 11.5 Å². The Balaban J connectivity index is 2.26. The standard InChI is InChI=1S/C17H26O3/c1-4-13-9-10-17(18,12-13)14-7-8-15(19-5-2)16(11-14)20-6-3/h7-8,11,13,18H,4-6,9-10,12H2,1-3H3. The van der Waals surface area contributed by atoms with Gasteiger partial charge in [0, 0.05) is 0 Å². The Bertz CT molecular complexity index is 444. The second-order valence-corrected chi connectivity index (χ2v) is 5.58. The van der Waals surface area contributed by atoms with Crippen LogP contribution in [0.15, 0.2) is 18.2 Å². The molecule has 2 unspecified atom stereocenters. The number of rotatable bonds is 6. The molecule has 1 saturated carbocycles. The highest BCUT2D eigenvalue weighted by atomic mass is 16.5. The van der Waals surface area contributed by atoms with Crippen molar-refractivity contribution in [3.63, 3.8) is 0 Å². The first-order valence-corrected chi connectivity index (χ1v) is 7.75. The lowest BCUT2D eigenvalue weighted by molar-refractivity contribution is 0.0395. The van der Waals surface area contributed by atoms with Crippen molar-refractivity contribution in [3.8, 4) is 11.5 Å². The van der Waals surface area contributed by atoms with Gasteiger partial charge in [-0.25, -0.2) is 0 Å². The maximum Gasteiger partial charge on any atom is 0.161 e. The predicted molar refractivity (Wildman–Crippen MR) is 80.3 cm³/mol. The van der Waals surface area contributed by atoms with E-state index in [0.717, 1.165) is 42.7 Å². The molecule has 0 aliphatic heterocycles. The van der Waals surface area contributed by atoms with Crippen molar-refractivity contribution in [2.24, 2.45) is 5.92 Å². The average molecular weight is 278 g/mol. The molecule has 1 aromatic carbocycles. The normalized spacial score (nSPS) is 25.7. The first-order chi connectivity index (χ1) is 9.62. The summed E-state index contributed by atoms with van der Waals surface area (Å²) in [6.45, 7) is 7.32. The van der Waals surface area contributed by atoms with E-state index in [1.807, 2.05) is 32.0 Å². The number of hydrogen-bond donors (Lipinski definition) is 1. The lowest BCUT2D eigenvalue weighted by Crippen LogP contribution is -2.22. The number of ether oxygens (including phenoxy) is 2. The Hall–Kier alpha value is -1.22. The Kier molecular flexibility index (Phi) is 4.92. The first kappa shape index (κ1) is 15.2. The third kappa shape index (κ3) is 3.09. The molecule has 3 nitrogen and oxygen atoms in total. The lowest BCUT2D eigenvalue weighted by atomic mass is 9.90. The molecule has 1 aliphatic rings. The molecule has 0 aromatic heterocycles. The van der Waals surface area contributed by atoms with E-state index in [4.69, 9.17) is 9.47 Å². The van der Waals surface area contributed by atoms with Crippen molar-refractivity contribution in [3.05, 3.63) is 23.8 Å². The molecular formula is C17H26O3. The monoisotopic (exact) mass is 278 g/mol. The van der Waals surface area contributed by atoms with E-state index in [9.17, 15) is 5.11 Å². The van der Waals surface area contributed by atoms with Gasteiger partial charge < -0.3 is 14.6 Å². The number of hydrogen-bond acceptors (Lipinski definition) is 3. The molecule has 1 aromatic rings. The fraction of sp³-hybridized carbons (Fsp3) is 0.647. The summed E-state index contributed by atoms with van der Waals surface area (Å²) in [5, 5.41) is 10.9.